The fraction of sp³-hybridized carbons (Fsp3) is 0.684. The molecule has 0 atom stereocenters. The van der Waals surface area contributed by atoms with Crippen molar-refractivity contribution in [2.45, 2.75) is 71.1 Å². The molecule has 0 bridgehead atoms. The molecule has 2 nitrogen and oxygen atoms in total. The van der Waals surface area contributed by atoms with Crippen molar-refractivity contribution in [1.82, 2.24) is 0 Å². The van der Waals surface area contributed by atoms with Crippen molar-refractivity contribution in [3.05, 3.63) is 24.3 Å². The fourth-order valence-electron chi connectivity index (χ4n) is 2.50. The average Bonchev–Trinajstić information content (AvgIpc) is 2.53. The molecule has 1 aromatic carbocycles. The van der Waals surface area contributed by atoms with Gasteiger partial charge in [-0.25, -0.2) is 0 Å². The van der Waals surface area contributed by atoms with E-state index >= 15 is 0 Å². The molecular formula is C19H33NO. The Balaban J connectivity index is 1.88. The van der Waals surface area contributed by atoms with Crippen molar-refractivity contribution >= 4 is 5.69 Å². The summed E-state index contributed by atoms with van der Waals surface area (Å²) in [5, 5.41) is 3.11. The van der Waals surface area contributed by atoms with Gasteiger partial charge in [0.05, 0.1) is 6.61 Å². The van der Waals surface area contributed by atoms with Crippen molar-refractivity contribution in [3.8, 4) is 5.75 Å². The van der Waals surface area contributed by atoms with E-state index in [1.807, 2.05) is 31.3 Å². The van der Waals surface area contributed by atoms with Crippen LogP contribution < -0.4 is 10.1 Å². The number of hydrogen-bond donors (Lipinski definition) is 1. The first-order valence-electron chi connectivity index (χ1n) is 8.77. The number of nitrogens with one attached hydrogen (secondary N) is 1. The first-order valence-corrected chi connectivity index (χ1v) is 8.77. The smallest absolute Gasteiger partial charge is 0.119 e. The topological polar surface area (TPSA) is 21.3 Å². The van der Waals surface area contributed by atoms with E-state index in [1.54, 1.807) is 0 Å². The molecule has 0 saturated carbocycles. The molecule has 0 radical (unpaired) electrons. The Morgan fingerprint density at radius 2 is 1.29 bits per heavy atom. The maximum atomic E-state index is 5.75. The van der Waals surface area contributed by atoms with Crippen molar-refractivity contribution < 1.29 is 4.74 Å². The molecule has 0 aliphatic heterocycles. The third-order valence-corrected chi connectivity index (χ3v) is 3.91. The Kier molecular flexibility index (Phi) is 10.7. The van der Waals surface area contributed by atoms with E-state index in [4.69, 9.17) is 4.74 Å². The normalized spacial score (nSPS) is 10.6. The molecule has 0 fully saturated rings. The Morgan fingerprint density at radius 1 is 0.762 bits per heavy atom. The van der Waals surface area contributed by atoms with Gasteiger partial charge in [-0.05, 0) is 30.7 Å². The van der Waals surface area contributed by atoms with Gasteiger partial charge in [-0.15, -0.1) is 0 Å². The molecule has 0 saturated heterocycles. The number of ether oxygens (including phenoxy) is 1. The number of anilines is 1. The molecule has 120 valence electrons. The first-order chi connectivity index (χ1) is 10.4. The SMILES string of the molecule is CCCCCCCCCCCCOc1ccc(NC)cc1. The third-order valence-electron chi connectivity index (χ3n) is 3.91. The van der Waals surface area contributed by atoms with Crippen LogP contribution in [0.3, 0.4) is 0 Å². The van der Waals surface area contributed by atoms with Crippen LogP contribution in [0.25, 0.3) is 0 Å². The number of hydrogen-bond acceptors (Lipinski definition) is 2. The second kappa shape index (κ2) is 12.6. The van der Waals surface area contributed by atoms with Crippen LogP contribution in [0, 0.1) is 0 Å². The van der Waals surface area contributed by atoms with E-state index in [2.05, 4.69) is 12.2 Å². The zero-order chi connectivity index (χ0) is 15.2. The quantitative estimate of drug-likeness (QED) is 0.448. The predicted octanol–water partition coefficient (Wildman–Crippen LogP) is 6.03. The Morgan fingerprint density at radius 3 is 1.81 bits per heavy atom. The molecule has 0 aliphatic rings. The highest BCUT2D eigenvalue weighted by atomic mass is 16.5. The van der Waals surface area contributed by atoms with Crippen molar-refractivity contribution in [3.63, 3.8) is 0 Å². The van der Waals surface area contributed by atoms with Crippen LogP contribution in [-0.4, -0.2) is 13.7 Å². The second-order valence-corrected chi connectivity index (χ2v) is 5.80. The third kappa shape index (κ3) is 9.38. The maximum absolute atomic E-state index is 5.75. The van der Waals surface area contributed by atoms with Crippen LogP contribution in [-0.2, 0) is 0 Å². The molecule has 0 aromatic heterocycles. The Hall–Kier alpha value is -1.18. The van der Waals surface area contributed by atoms with Gasteiger partial charge in [-0.3, -0.25) is 0 Å². The zero-order valence-corrected chi connectivity index (χ0v) is 14.0. The average molecular weight is 291 g/mol. The van der Waals surface area contributed by atoms with Gasteiger partial charge < -0.3 is 10.1 Å². The highest BCUT2D eigenvalue weighted by molar-refractivity contribution is 5.45. The standard InChI is InChI=1S/C19H33NO/c1-3-4-5-6-7-8-9-10-11-12-17-21-19-15-13-18(20-2)14-16-19/h13-16,20H,3-12,17H2,1-2H3. The molecule has 1 rings (SSSR count). The van der Waals surface area contributed by atoms with Gasteiger partial charge in [0.15, 0.2) is 0 Å². The first kappa shape index (κ1) is 17.9. The molecule has 21 heavy (non-hydrogen) atoms. The van der Waals surface area contributed by atoms with Crippen LogP contribution >= 0.6 is 0 Å². The van der Waals surface area contributed by atoms with E-state index in [0.29, 0.717) is 0 Å². The van der Waals surface area contributed by atoms with E-state index in [0.717, 1.165) is 18.0 Å². The van der Waals surface area contributed by atoms with Crippen LogP contribution in [0.4, 0.5) is 5.69 Å². The molecule has 0 amide bonds. The van der Waals surface area contributed by atoms with E-state index in [1.165, 1.54) is 64.2 Å². The lowest BCUT2D eigenvalue weighted by molar-refractivity contribution is 0.304. The Labute approximate surface area is 131 Å². The number of unbranched alkanes of at least 4 members (excludes halogenated alkanes) is 9. The minimum Gasteiger partial charge on any atom is -0.494 e. The van der Waals surface area contributed by atoms with Gasteiger partial charge in [-0.2, -0.15) is 0 Å². The van der Waals surface area contributed by atoms with E-state index < -0.39 is 0 Å². The summed E-state index contributed by atoms with van der Waals surface area (Å²) in [6, 6.07) is 8.16. The molecule has 0 heterocycles. The second-order valence-electron chi connectivity index (χ2n) is 5.80. The van der Waals surface area contributed by atoms with E-state index in [9.17, 15) is 0 Å². The summed E-state index contributed by atoms with van der Waals surface area (Å²) in [4.78, 5) is 0. The molecule has 1 aromatic rings. The Bertz CT molecular complexity index is 334. The van der Waals surface area contributed by atoms with Crippen molar-refractivity contribution in [2.75, 3.05) is 19.0 Å². The molecule has 1 N–H and O–H groups in total. The zero-order valence-electron chi connectivity index (χ0n) is 14.0. The number of benzene rings is 1. The van der Waals surface area contributed by atoms with Crippen molar-refractivity contribution in [2.24, 2.45) is 0 Å². The van der Waals surface area contributed by atoms with Crippen LogP contribution in [0.15, 0.2) is 24.3 Å². The van der Waals surface area contributed by atoms with Crippen LogP contribution in [0.1, 0.15) is 71.1 Å². The van der Waals surface area contributed by atoms with Gasteiger partial charge in [0.2, 0.25) is 0 Å². The largest absolute Gasteiger partial charge is 0.494 e. The minimum absolute atomic E-state index is 0.843. The molecule has 0 aliphatic carbocycles. The van der Waals surface area contributed by atoms with E-state index in [-0.39, 0.29) is 0 Å². The molecule has 0 spiro atoms. The predicted molar refractivity (Wildman–Crippen MR) is 93.3 cm³/mol. The van der Waals surface area contributed by atoms with Gasteiger partial charge in [-0.1, -0.05) is 64.7 Å². The van der Waals surface area contributed by atoms with Gasteiger partial charge in [0.25, 0.3) is 0 Å². The lowest BCUT2D eigenvalue weighted by Crippen LogP contribution is -1.97. The van der Waals surface area contributed by atoms with Gasteiger partial charge in [0.1, 0.15) is 5.75 Å². The summed E-state index contributed by atoms with van der Waals surface area (Å²) >= 11 is 0. The molecule has 0 unspecified atom stereocenters. The highest BCUT2D eigenvalue weighted by Crippen LogP contribution is 2.16. The van der Waals surface area contributed by atoms with Crippen LogP contribution in [0.2, 0.25) is 0 Å². The van der Waals surface area contributed by atoms with Gasteiger partial charge >= 0.3 is 0 Å². The monoisotopic (exact) mass is 291 g/mol. The molecular weight excluding hydrogens is 258 g/mol. The lowest BCUT2D eigenvalue weighted by atomic mass is 10.1. The summed E-state index contributed by atoms with van der Waals surface area (Å²) in [5.41, 5.74) is 1.13. The molecule has 2 heteroatoms. The van der Waals surface area contributed by atoms with Gasteiger partial charge in [0, 0.05) is 12.7 Å². The minimum atomic E-state index is 0.843. The fourth-order valence-corrected chi connectivity index (χ4v) is 2.50. The van der Waals surface area contributed by atoms with Crippen LogP contribution in [0.5, 0.6) is 5.75 Å². The summed E-state index contributed by atoms with van der Waals surface area (Å²) in [6.45, 7) is 3.12. The summed E-state index contributed by atoms with van der Waals surface area (Å²) in [7, 11) is 1.93. The van der Waals surface area contributed by atoms with Crippen molar-refractivity contribution in [1.29, 1.82) is 0 Å². The summed E-state index contributed by atoms with van der Waals surface area (Å²) < 4.78 is 5.75. The summed E-state index contributed by atoms with van der Waals surface area (Å²) in [6.07, 6.45) is 13.7. The lowest BCUT2D eigenvalue weighted by Gasteiger charge is -2.07. The maximum Gasteiger partial charge on any atom is 0.119 e. The highest BCUT2D eigenvalue weighted by Gasteiger charge is 1.95. The summed E-state index contributed by atoms with van der Waals surface area (Å²) in [5.74, 6) is 0.977. The number of rotatable bonds is 13.